The SMILES string of the molecule is c1ccc(CN(Cc2ccccc2)c2cccc(CN(c3ccccn3)c3ccccn3)n2)cc1. The van der Waals surface area contributed by atoms with Crippen molar-refractivity contribution in [1.82, 2.24) is 15.0 Å². The Balaban J connectivity index is 1.45. The summed E-state index contributed by atoms with van der Waals surface area (Å²) in [6, 6.07) is 39.1. The zero-order valence-electron chi connectivity index (χ0n) is 19.5. The van der Waals surface area contributed by atoms with Gasteiger partial charge in [0.25, 0.3) is 0 Å². The van der Waals surface area contributed by atoms with Gasteiger partial charge in [-0.15, -0.1) is 0 Å². The van der Waals surface area contributed by atoms with E-state index in [1.54, 1.807) is 12.4 Å². The third-order valence-corrected chi connectivity index (χ3v) is 5.72. The molecule has 0 fully saturated rings. The first kappa shape index (κ1) is 22.3. The van der Waals surface area contributed by atoms with E-state index < -0.39 is 0 Å². The van der Waals surface area contributed by atoms with Gasteiger partial charge >= 0.3 is 0 Å². The van der Waals surface area contributed by atoms with Crippen LogP contribution in [0.15, 0.2) is 128 Å². The quantitative estimate of drug-likeness (QED) is 0.256. The van der Waals surface area contributed by atoms with E-state index in [2.05, 4.69) is 86.5 Å². The van der Waals surface area contributed by atoms with E-state index in [1.165, 1.54) is 11.1 Å². The Morgan fingerprint density at radius 3 is 1.49 bits per heavy atom. The molecule has 172 valence electrons. The van der Waals surface area contributed by atoms with Gasteiger partial charge in [0, 0.05) is 25.5 Å². The normalized spacial score (nSPS) is 10.6. The molecule has 0 radical (unpaired) electrons. The summed E-state index contributed by atoms with van der Waals surface area (Å²) in [5.74, 6) is 2.62. The average molecular weight is 458 g/mol. The van der Waals surface area contributed by atoms with E-state index in [0.29, 0.717) is 6.54 Å². The molecule has 0 atom stereocenters. The van der Waals surface area contributed by atoms with Gasteiger partial charge in [-0.2, -0.15) is 0 Å². The molecule has 0 saturated heterocycles. The van der Waals surface area contributed by atoms with Gasteiger partial charge in [0.2, 0.25) is 0 Å². The second-order valence-electron chi connectivity index (χ2n) is 8.28. The molecule has 5 rings (SSSR count). The van der Waals surface area contributed by atoms with Crippen LogP contribution < -0.4 is 9.80 Å². The highest BCUT2D eigenvalue weighted by Crippen LogP contribution is 2.25. The van der Waals surface area contributed by atoms with E-state index in [9.17, 15) is 0 Å². The molecule has 0 saturated carbocycles. The van der Waals surface area contributed by atoms with Crippen molar-refractivity contribution in [3.8, 4) is 0 Å². The monoisotopic (exact) mass is 457 g/mol. The molecule has 5 heteroatoms. The molecule has 0 unspecified atom stereocenters. The van der Waals surface area contributed by atoms with Crippen LogP contribution in [0.2, 0.25) is 0 Å². The number of pyridine rings is 3. The number of anilines is 3. The van der Waals surface area contributed by atoms with Crippen molar-refractivity contribution in [2.75, 3.05) is 9.80 Å². The lowest BCUT2D eigenvalue weighted by Crippen LogP contribution is -2.24. The number of benzene rings is 2. The third kappa shape index (κ3) is 5.89. The molecule has 0 aliphatic carbocycles. The smallest absolute Gasteiger partial charge is 0.134 e. The van der Waals surface area contributed by atoms with E-state index in [0.717, 1.165) is 36.2 Å². The summed E-state index contributed by atoms with van der Waals surface area (Å²) >= 11 is 0. The second-order valence-corrected chi connectivity index (χ2v) is 8.28. The molecule has 0 aliphatic heterocycles. The molecule has 5 nitrogen and oxygen atoms in total. The topological polar surface area (TPSA) is 45.2 Å². The fourth-order valence-electron chi connectivity index (χ4n) is 4.02. The van der Waals surface area contributed by atoms with Crippen LogP contribution >= 0.6 is 0 Å². The Labute approximate surface area is 206 Å². The lowest BCUT2D eigenvalue weighted by molar-refractivity contribution is 0.774. The van der Waals surface area contributed by atoms with Crippen LogP contribution in [-0.4, -0.2) is 15.0 Å². The summed E-state index contributed by atoms with van der Waals surface area (Å²) in [6.45, 7) is 2.11. The molecule has 0 bridgehead atoms. The maximum Gasteiger partial charge on any atom is 0.134 e. The van der Waals surface area contributed by atoms with Gasteiger partial charge in [-0.25, -0.2) is 15.0 Å². The number of hydrogen-bond acceptors (Lipinski definition) is 5. The highest BCUT2D eigenvalue weighted by Gasteiger charge is 2.15. The first-order chi connectivity index (χ1) is 17.3. The standard InChI is InChI=1S/C30H27N5/c1-3-12-25(13-4-1)22-34(23-26-14-5-2-6-15-26)30-19-11-16-27(33-30)24-35(28-17-7-9-20-31-28)29-18-8-10-21-32-29/h1-21H,22-24H2. The van der Waals surface area contributed by atoms with Crippen LogP contribution in [-0.2, 0) is 19.6 Å². The lowest BCUT2D eigenvalue weighted by atomic mass is 10.1. The predicted molar refractivity (Wildman–Crippen MR) is 141 cm³/mol. The van der Waals surface area contributed by atoms with Crippen LogP contribution in [0.25, 0.3) is 0 Å². The number of nitrogens with zero attached hydrogens (tertiary/aromatic N) is 5. The Morgan fingerprint density at radius 2 is 0.971 bits per heavy atom. The number of hydrogen-bond donors (Lipinski definition) is 0. The molecule has 3 aromatic heterocycles. The summed E-state index contributed by atoms with van der Waals surface area (Å²) in [6.07, 6.45) is 3.60. The van der Waals surface area contributed by atoms with E-state index in [4.69, 9.17) is 4.98 Å². The molecule has 0 aliphatic rings. The van der Waals surface area contributed by atoms with Gasteiger partial charge in [-0.1, -0.05) is 78.9 Å². The van der Waals surface area contributed by atoms with E-state index in [-0.39, 0.29) is 0 Å². The molecule has 0 N–H and O–H groups in total. The highest BCUT2D eigenvalue weighted by atomic mass is 15.2. The zero-order valence-corrected chi connectivity index (χ0v) is 19.5. The van der Waals surface area contributed by atoms with Crippen LogP contribution in [0.4, 0.5) is 17.5 Å². The molecule has 2 aromatic carbocycles. The summed E-state index contributed by atoms with van der Waals surface area (Å²) in [5, 5.41) is 0. The summed E-state index contributed by atoms with van der Waals surface area (Å²) < 4.78 is 0. The Hall–Kier alpha value is -4.51. The van der Waals surface area contributed by atoms with Crippen LogP contribution in [0.3, 0.4) is 0 Å². The number of aromatic nitrogens is 3. The molecular formula is C30H27N5. The van der Waals surface area contributed by atoms with Crippen LogP contribution in [0, 0.1) is 0 Å². The van der Waals surface area contributed by atoms with Gasteiger partial charge < -0.3 is 9.80 Å². The van der Waals surface area contributed by atoms with Gasteiger partial charge in [-0.3, -0.25) is 0 Å². The number of rotatable bonds is 9. The van der Waals surface area contributed by atoms with Crippen molar-refractivity contribution >= 4 is 17.5 Å². The van der Waals surface area contributed by atoms with Crippen molar-refractivity contribution in [3.63, 3.8) is 0 Å². The zero-order chi connectivity index (χ0) is 23.7. The first-order valence-electron chi connectivity index (χ1n) is 11.7. The summed E-state index contributed by atoms with van der Waals surface area (Å²) in [4.78, 5) is 18.6. The molecule has 35 heavy (non-hydrogen) atoms. The van der Waals surface area contributed by atoms with E-state index in [1.807, 2.05) is 48.5 Å². The van der Waals surface area contributed by atoms with Crippen molar-refractivity contribution in [2.24, 2.45) is 0 Å². The molecule has 3 heterocycles. The minimum absolute atomic E-state index is 0.562. The minimum Gasteiger partial charge on any atom is -0.348 e. The molecule has 0 amide bonds. The average Bonchev–Trinajstić information content (AvgIpc) is 2.94. The summed E-state index contributed by atoms with van der Waals surface area (Å²) in [7, 11) is 0. The van der Waals surface area contributed by atoms with Crippen LogP contribution in [0.1, 0.15) is 16.8 Å². The third-order valence-electron chi connectivity index (χ3n) is 5.72. The fourth-order valence-corrected chi connectivity index (χ4v) is 4.02. The van der Waals surface area contributed by atoms with Gasteiger partial charge in [0.15, 0.2) is 0 Å². The van der Waals surface area contributed by atoms with Crippen LogP contribution in [0.5, 0.6) is 0 Å². The first-order valence-corrected chi connectivity index (χ1v) is 11.7. The Bertz CT molecular complexity index is 1230. The fraction of sp³-hybridized carbons (Fsp3) is 0.100. The van der Waals surface area contributed by atoms with Gasteiger partial charge in [0.1, 0.15) is 17.5 Å². The van der Waals surface area contributed by atoms with E-state index >= 15 is 0 Å². The Kier molecular flexibility index (Phi) is 7.05. The van der Waals surface area contributed by atoms with Crippen molar-refractivity contribution in [1.29, 1.82) is 0 Å². The van der Waals surface area contributed by atoms with Gasteiger partial charge in [-0.05, 0) is 47.5 Å². The van der Waals surface area contributed by atoms with Gasteiger partial charge in [0.05, 0.1) is 12.2 Å². The summed E-state index contributed by atoms with van der Waals surface area (Å²) in [5.41, 5.74) is 3.45. The van der Waals surface area contributed by atoms with Crippen molar-refractivity contribution in [2.45, 2.75) is 19.6 Å². The maximum absolute atomic E-state index is 5.08. The molecular weight excluding hydrogens is 430 g/mol. The molecule has 0 spiro atoms. The van der Waals surface area contributed by atoms with Crippen molar-refractivity contribution in [3.05, 3.63) is 144 Å². The highest BCUT2D eigenvalue weighted by molar-refractivity contribution is 5.55. The Morgan fingerprint density at radius 1 is 0.457 bits per heavy atom. The molecule has 5 aromatic rings. The lowest BCUT2D eigenvalue weighted by Gasteiger charge is -2.26. The predicted octanol–water partition coefficient (Wildman–Crippen LogP) is 6.42. The largest absolute Gasteiger partial charge is 0.348 e. The maximum atomic E-state index is 5.08. The minimum atomic E-state index is 0.562. The van der Waals surface area contributed by atoms with Crippen molar-refractivity contribution < 1.29 is 0 Å². The second kappa shape index (κ2) is 11.1.